The minimum absolute atomic E-state index is 0.0604. The smallest absolute Gasteiger partial charge is 0.246 e. The fourth-order valence-corrected chi connectivity index (χ4v) is 2.04. The number of hydrogen-bond acceptors (Lipinski definition) is 3. The van der Waals surface area contributed by atoms with Crippen molar-refractivity contribution in [3.05, 3.63) is 28.5 Å². The third-order valence-electron chi connectivity index (χ3n) is 2.20. The van der Waals surface area contributed by atoms with Crippen molar-refractivity contribution in [2.45, 2.75) is 26.3 Å². The molecule has 0 atom stereocenters. The topological polar surface area (TPSA) is 49.4 Å². The van der Waals surface area contributed by atoms with Crippen LogP contribution in [0.25, 0.3) is 6.08 Å². The Kier molecular flexibility index (Phi) is 5.30. The molecule has 0 aromatic carbocycles. The van der Waals surface area contributed by atoms with Gasteiger partial charge in [-0.25, -0.2) is 0 Å². The van der Waals surface area contributed by atoms with E-state index in [0.717, 1.165) is 4.88 Å². The van der Waals surface area contributed by atoms with E-state index < -0.39 is 0 Å². The SMILES string of the molecule is CN(CC(=O)NC(C)(C)C)C(=O)/C=C/c1cccs1. The Bertz CT molecular complexity index is 458. The number of nitrogens with zero attached hydrogens (tertiary/aromatic N) is 1. The summed E-state index contributed by atoms with van der Waals surface area (Å²) in [5, 5.41) is 4.77. The van der Waals surface area contributed by atoms with Gasteiger partial charge in [-0.2, -0.15) is 0 Å². The molecule has 0 bridgehead atoms. The van der Waals surface area contributed by atoms with Crippen LogP contribution in [0.1, 0.15) is 25.6 Å². The van der Waals surface area contributed by atoms with Crippen molar-refractivity contribution in [1.82, 2.24) is 10.2 Å². The van der Waals surface area contributed by atoms with Crippen LogP contribution in [0.15, 0.2) is 23.6 Å². The Morgan fingerprint density at radius 3 is 2.63 bits per heavy atom. The van der Waals surface area contributed by atoms with Crippen molar-refractivity contribution in [3.63, 3.8) is 0 Å². The first-order valence-corrected chi connectivity index (χ1v) is 6.93. The average Bonchev–Trinajstić information content (AvgIpc) is 2.75. The van der Waals surface area contributed by atoms with Gasteiger partial charge in [-0.05, 0) is 38.3 Å². The molecule has 0 aliphatic carbocycles. The van der Waals surface area contributed by atoms with E-state index >= 15 is 0 Å². The van der Waals surface area contributed by atoms with Gasteiger partial charge in [0.15, 0.2) is 0 Å². The van der Waals surface area contributed by atoms with E-state index in [9.17, 15) is 9.59 Å². The van der Waals surface area contributed by atoms with Crippen molar-refractivity contribution in [2.75, 3.05) is 13.6 Å². The van der Waals surface area contributed by atoms with Crippen LogP contribution >= 0.6 is 11.3 Å². The number of carbonyl (C=O) groups excluding carboxylic acids is 2. The Morgan fingerprint density at radius 1 is 1.42 bits per heavy atom. The summed E-state index contributed by atoms with van der Waals surface area (Å²) in [6, 6.07) is 3.86. The molecule has 2 amide bonds. The van der Waals surface area contributed by atoms with Crippen LogP contribution in [-0.4, -0.2) is 35.8 Å². The van der Waals surface area contributed by atoms with Gasteiger partial charge in [0.1, 0.15) is 0 Å². The highest BCUT2D eigenvalue weighted by Gasteiger charge is 2.16. The average molecular weight is 280 g/mol. The third kappa shape index (κ3) is 6.20. The first-order chi connectivity index (χ1) is 8.78. The number of rotatable bonds is 4. The van der Waals surface area contributed by atoms with Gasteiger partial charge in [0.2, 0.25) is 11.8 Å². The highest BCUT2D eigenvalue weighted by atomic mass is 32.1. The second-order valence-electron chi connectivity index (χ2n) is 5.34. The summed E-state index contributed by atoms with van der Waals surface area (Å²) >= 11 is 1.56. The molecule has 1 rings (SSSR count). The zero-order valence-electron chi connectivity index (χ0n) is 11.8. The second kappa shape index (κ2) is 6.52. The molecule has 0 aliphatic heterocycles. The van der Waals surface area contributed by atoms with Crippen molar-refractivity contribution in [2.24, 2.45) is 0 Å². The quantitative estimate of drug-likeness (QED) is 0.859. The number of nitrogens with one attached hydrogen (secondary N) is 1. The van der Waals surface area contributed by atoms with Crippen molar-refractivity contribution < 1.29 is 9.59 Å². The summed E-state index contributed by atoms with van der Waals surface area (Å²) in [5.74, 6) is -0.342. The molecule has 5 heteroatoms. The summed E-state index contributed by atoms with van der Waals surface area (Å²) in [5.41, 5.74) is -0.284. The minimum Gasteiger partial charge on any atom is -0.350 e. The van der Waals surface area contributed by atoms with Crippen LogP contribution in [0, 0.1) is 0 Å². The fourth-order valence-electron chi connectivity index (χ4n) is 1.42. The molecular weight excluding hydrogens is 260 g/mol. The molecule has 0 aliphatic rings. The number of amides is 2. The van der Waals surface area contributed by atoms with Crippen LogP contribution < -0.4 is 5.32 Å². The number of thiophene rings is 1. The normalized spacial score (nSPS) is 11.6. The summed E-state index contributed by atoms with van der Waals surface area (Å²) < 4.78 is 0. The molecule has 0 saturated carbocycles. The molecule has 19 heavy (non-hydrogen) atoms. The lowest BCUT2D eigenvalue weighted by atomic mass is 10.1. The minimum atomic E-state index is -0.284. The molecule has 0 saturated heterocycles. The zero-order valence-corrected chi connectivity index (χ0v) is 12.6. The Morgan fingerprint density at radius 2 is 2.11 bits per heavy atom. The van der Waals surface area contributed by atoms with Gasteiger partial charge in [0.05, 0.1) is 6.54 Å². The van der Waals surface area contributed by atoms with Gasteiger partial charge < -0.3 is 10.2 Å². The van der Waals surface area contributed by atoms with Crippen molar-refractivity contribution in [1.29, 1.82) is 0 Å². The van der Waals surface area contributed by atoms with E-state index in [0.29, 0.717) is 0 Å². The van der Waals surface area contributed by atoms with E-state index in [1.807, 2.05) is 38.3 Å². The molecule has 0 radical (unpaired) electrons. The summed E-state index contributed by atoms with van der Waals surface area (Å²) in [7, 11) is 1.61. The fraction of sp³-hybridized carbons (Fsp3) is 0.429. The second-order valence-corrected chi connectivity index (χ2v) is 6.32. The van der Waals surface area contributed by atoms with Crippen molar-refractivity contribution >= 4 is 29.2 Å². The largest absolute Gasteiger partial charge is 0.350 e. The molecule has 0 spiro atoms. The number of carbonyl (C=O) groups is 2. The first-order valence-electron chi connectivity index (χ1n) is 6.05. The first kappa shape index (κ1) is 15.4. The Balaban J connectivity index is 2.47. The highest BCUT2D eigenvalue weighted by Crippen LogP contribution is 2.10. The van der Waals surface area contributed by atoms with Gasteiger partial charge in [-0.1, -0.05) is 6.07 Å². The van der Waals surface area contributed by atoms with Gasteiger partial charge in [-0.3, -0.25) is 9.59 Å². The van der Waals surface area contributed by atoms with Gasteiger partial charge in [0, 0.05) is 23.5 Å². The molecule has 0 unspecified atom stereocenters. The molecule has 104 valence electrons. The summed E-state index contributed by atoms with van der Waals surface area (Å²) in [6.07, 6.45) is 3.24. The van der Waals surface area contributed by atoms with Crippen LogP contribution in [0.5, 0.6) is 0 Å². The standard InChI is InChI=1S/C14H20N2O2S/c1-14(2,3)15-12(17)10-16(4)13(18)8-7-11-6-5-9-19-11/h5-9H,10H2,1-4H3,(H,15,17)/b8-7+. The lowest BCUT2D eigenvalue weighted by Gasteiger charge is -2.22. The molecule has 1 N–H and O–H groups in total. The van der Waals surface area contributed by atoms with Gasteiger partial charge in [0.25, 0.3) is 0 Å². The molecule has 4 nitrogen and oxygen atoms in total. The maximum absolute atomic E-state index is 11.8. The number of likely N-dealkylation sites (N-methyl/N-ethyl adjacent to an activating group) is 1. The van der Waals surface area contributed by atoms with Crippen LogP contribution in [-0.2, 0) is 9.59 Å². The maximum atomic E-state index is 11.8. The van der Waals surface area contributed by atoms with Crippen molar-refractivity contribution in [3.8, 4) is 0 Å². The van der Waals surface area contributed by atoms with E-state index in [2.05, 4.69) is 5.32 Å². The predicted octanol–water partition coefficient (Wildman–Crippen LogP) is 2.13. The lowest BCUT2D eigenvalue weighted by molar-refractivity contribution is -0.131. The van der Waals surface area contributed by atoms with E-state index in [1.165, 1.54) is 11.0 Å². The molecule has 0 fully saturated rings. The molecular formula is C14H20N2O2S. The van der Waals surface area contributed by atoms with Crippen LogP contribution in [0.4, 0.5) is 0 Å². The Labute approximate surface area is 118 Å². The van der Waals surface area contributed by atoms with Gasteiger partial charge >= 0.3 is 0 Å². The van der Waals surface area contributed by atoms with Crippen LogP contribution in [0.2, 0.25) is 0 Å². The van der Waals surface area contributed by atoms with E-state index in [-0.39, 0.29) is 23.9 Å². The van der Waals surface area contributed by atoms with Gasteiger partial charge in [-0.15, -0.1) is 11.3 Å². The zero-order chi connectivity index (χ0) is 14.5. The van der Waals surface area contributed by atoms with Crippen LogP contribution in [0.3, 0.4) is 0 Å². The molecule has 1 aromatic heterocycles. The van der Waals surface area contributed by atoms with E-state index in [4.69, 9.17) is 0 Å². The summed E-state index contributed by atoms with van der Waals surface area (Å²) in [6.45, 7) is 5.78. The summed E-state index contributed by atoms with van der Waals surface area (Å²) in [4.78, 5) is 25.9. The molecule has 1 aromatic rings. The highest BCUT2D eigenvalue weighted by molar-refractivity contribution is 7.10. The predicted molar refractivity (Wildman–Crippen MR) is 78.9 cm³/mol. The lowest BCUT2D eigenvalue weighted by Crippen LogP contribution is -2.46. The maximum Gasteiger partial charge on any atom is 0.246 e. The Hall–Kier alpha value is -1.62. The van der Waals surface area contributed by atoms with E-state index in [1.54, 1.807) is 24.5 Å². The molecule has 1 heterocycles. The third-order valence-corrected chi connectivity index (χ3v) is 3.04. The number of hydrogen-bond donors (Lipinski definition) is 1. The monoisotopic (exact) mass is 280 g/mol.